The van der Waals surface area contributed by atoms with Crippen LogP contribution < -0.4 is 5.32 Å². The number of benzene rings is 1. The molecule has 0 saturated carbocycles. The van der Waals surface area contributed by atoms with Gasteiger partial charge in [-0.1, -0.05) is 17.7 Å². The van der Waals surface area contributed by atoms with Gasteiger partial charge in [0.25, 0.3) is 5.91 Å². The zero-order valence-corrected chi connectivity index (χ0v) is 13.6. The van der Waals surface area contributed by atoms with Gasteiger partial charge in [0.15, 0.2) is 0 Å². The second kappa shape index (κ2) is 6.29. The number of hydrogen-bond donors (Lipinski definition) is 1. The highest BCUT2D eigenvalue weighted by molar-refractivity contribution is 6.30. The summed E-state index contributed by atoms with van der Waals surface area (Å²) in [4.78, 5) is 12.4. The minimum absolute atomic E-state index is 0.0673. The number of carbonyl (C=O) groups is 1. The summed E-state index contributed by atoms with van der Waals surface area (Å²) < 4.78 is 20.9. The molecule has 1 aromatic heterocycles. The van der Waals surface area contributed by atoms with Crippen molar-refractivity contribution < 1.29 is 13.9 Å². The Balaban J connectivity index is 1.77. The van der Waals surface area contributed by atoms with Crippen LogP contribution in [-0.2, 0) is 11.8 Å². The van der Waals surface area contributed by atoms with Crippen molar-refractivity contribution in [3.05, 3.63) is 52.1 Å². The third kappa shape index (κ3) is 3.23. The Morgan fingerprint density at radius 3 is 2.91 bits per heavy atom. The fraction of sp³-hybridized carbons (Fsp3) is 0.375. The molecule has 23 heavy (non-hydrogen) atoms. The van der Waals surface area contributed by atoms with Gasteiger partial charge in [-0.05, 0) is 37.1 Å². The summed E-state index contributed by atoms with van der Waals surface area (Å²) in [5, 5.41) is 7.18. The van der Waals surface area contributed by atoms with E-state index in [0.29, 0.717) is 24.3 Å². The van der Waals surface area contributed by atoms with Crippen LogP contribution in [0.3, 0.4) is 0 Å². The second-order valence-electron chi connectivity index (χ2n) is 5.63. The van der Waals surface area contributed by atoms with Gasteiger partial charge in [-0.25, -0.2) is 4.39 Å². The molecule has 2 aromatic rings. The number of hydrogen-bond acceptors (Lipinski definition) is 3. The van der Waals surface area contributed by atoms with Crippen LogP contribution in [0.5, 0.6) is 0 Å². The molecule has 1 fully saturated rings. The lowest BCUT2D eigenvalue weighted by atomic mass is 10.0. The summed E-state index contributed by atoms with van der Waals surface area (Å²) in [6.45, 7) is 2.33. The minimum Gasteiger partial charge on any atom is -0.371 e. The molecular formula is C16H17ClFN3O2. The van der Waals surface area contributed by atoms with E-state index >= 15 is 0 Å². The normalized spacial score (nSPS) is 20.7. The molecule has 1 aliphatic rings. The van der Waals surface area contributed by atoms with Crippen LogP contribution in [0.25, 0.3) is 0 Å². The number of ether oxygens (including phenoxy) is 1. The van der Waals surface area contributed by atoms with Crippen molar-refractivity contribution in [3.8, 4) is 0 Å². The number of aryl methyl sites for hydroxylation is 2. The van der Waals surface area contributed by atoms with Gasteiger partial charge in [-0.15, -0.1) is 0 Å². The molecule has 3 rings (SSSR count). The van der Waals surface area contributed by atoms with Gasteiger partial charge >= 0.3 is 0 Å². The monoisotopic (exact) mass is 337 g/mol. The van der Waals surface area contributed by atoms with Gasteiger partial charge in [-0.3, -0.25) is 9.48 Å². The zero-order chi connectivity index (χ0) is 16.6. The van der Waals surface area contributed by atoms with E-state index in [0.717, 1.165) is 5.69 Å². The van der Waals surface area contributed by atoms with E-state index in [1.807, 2.05) is 6.92 Å². The third-order valence-electron chi connectivity index (χ3n) is 3.92. The maximum absolute atomic E-state index is 13.7. The van der Waals surface area contributed by atoms with Crippen LogP contribution in [0, 0.1) is 12.7 Å². The van der Waals surface area contributed by atoms with Gasteiger partial charge in [0.2, 0.25) is 0 Å². The van der Waals surface area contributed by atoms with Gasteiger partial charge in [0.1, 0.15) is 17.6 Å². The molecule has 7 heteroatoms. The van der Waals surface area contributed by atoms with Gasteiger partial charge < -0.3 is 10.1 Å². The largest absolute Gasteiger partial charge is 0.371 e. The number of aromatic nitrogens is 2. The van der Waals surface area contributed by atoms with Crippen LogP contribution in [0.4, 0.5) is 4.39 Å². The highest BCUT2D eigenvalue weighted by atomic mass is 35.5. The van der Waals surface area contributed by atoms with Crippen molar-refractivity contribution in [1.29, 1.82) is 0 Å². The molecule has 1 N–H and O–H groups in total. The quantitative estimate of drug-likeness (QED) is 0.937. The first kappa shape index (κ1) is 16.0. The Bertz CT molecular complexity index is 747. The number of nitrogens with one attached hydrogen (secondary N) is 1. The molecule has 1 aliphatic heterocycles. The van der Waals surface area contributed by atoms with E-state index in [1.54, 1.807) is 19.2 Å². The van der Waals surface area contributed by atoms with Crippen LogP contribution in [0.15, 0.2) is 24.3 Å². The molecule has 1 saturated heterocycles. The maximum Gasteiger partial charge on any atom is 0.269 e. The fourth-order valence-corrected chi connectivity index (χ4v) is 2.94. The molecular weight excluding hydrogens is 321 g/mol. The topological polar surface area (TPSA) is 56.1 Å². The van der Waals surface area contributed by atoms with E-state index < -0.39 is 5.82 Å². The van der Waals surface area contributed by atoms with Crippen molar-refractivity contribution in [2.24, 2.45) is 7.05 Å². The van der Waals surface area contributed by atoms with Crippen molar-refractivity contribution in [1.82, 2.24) is 15.1 Å². The van der Waals surface area contributed by atoms with E-state index in [1.165, 1.54) is 16.8 Å². The van der Waals surface area contributed by atoms with E-state index in [9.17, 15) is 9.18 Å². The third-order valence-corrected chi connectivity index (χ3v) is 4.22. The number of halogens is 2. The van der Waals surface area contributed by atoms with Gasteiger partial charge in [-0.2, -0.15) is 5.10 Å². The molecule has 0 radical (unpaired) electrons. The van der Waals surface area contributed by atoms with E-state index in [-0.39, 0.29) is 23.1 Å². The molecule has 0 spiro atoms. The average Bonchev–Trinajstić information content (AvgIpc) is 3.08. The first-order valence-corrected chi connectivity index (χ1v) is 7.71. The summed E-state index contributed by atoms with van der Waals surface area (Å²) in [5.74, 6) is -0.713. The van der Waals surface area contributed by atoms with Crippen molar-refractivity contribution in [3.63, 3.8) is 0 Å². The number of carbonyl (C=O) groups excluding carboxylic acids is 1. The Morgan fingerprint density at radius 2 is 2.26 bits per heavy atom. The molecule has 0 unspecified atom stereocenters. The molecule has 1 amide bonds. The van der Waals surface area contributed by atoms with Crippen LogP contribution >= 0.6 is 11.6 Å². The van der Waals surface area contributed by atoms with Crippen molar-refractivity contribution >= 4 is 17.5 Å². The Kier molecular flexibility index (Phi) is 4.37. The maximum atomic E-state index is 13.7. The van der Waals surface area contributed by atoms with Crippen LogP contribution in [0.1, 0.15) is 34.3 Å². The van der Waals surface area contributed by atoms with Gasteiger partial charge in [0, 0.05) is 13.7 Å². The summed E-state index contributed by atoms with van der Waals surface area (Å²) in [6.07, 6.45) is 0.275. The van der Waals surface area contributed by atoms with E-state index in [2.05, 4.69) is 10.4 Å². The average molecular weight is 338 g/mol. The molecule has 0 aliphatic carbocycles. The summed E-state index contributed by atoms with van der Waals surface area (Å²) in [5.41, 5.74) is 1.92. The standard InChI is InChI=1S/C16H17ClFN3O2/c1-9-7-14(21(2)20-9)16(22)19-13-5-6-23-15(13)10-3-4-11(17)12(18)8-10/h3-4,7-8,13,15H,5-6H2,1-2H3,(H,19,22)/t13-,15+/m1/s1. The van der Waals surface area contributed by atoms with Crippen molar-refractivity contribution in [2.45, 2.75) is 25.5 Å². The van der Waals surface area contributed by atoms with Gasteiger partial charge in [0.05, 0.1) is 16.8 Å². The molecule has 0 bridgehead atoms. The molecule has 2 atom stereocenters. The highest BCUT2D eigenvalue weighted by Gasteiger charge is 2.32. The Labute approximate surface area is 138 Å². The van der Waals surface area contributed by atoms with Crippen LogP contribution in [-0.4, -0.2) is 28.3 Å². The Morgan fingerprint density at radius 1 is 1.48 bits per heavy atom. The molecule has 5 nitrogen and oxygen atoms in total. The minimum atomic E-state index is -0.494. The zero-order valence-electron chi connectivity index (χ0n) is 12.8. The summed E-state index contributed by atoms with van der Waals surface area (Å²) in [7, 11) is 1.72. The van der Waals surface area contributed by atoms with Crippen molar-refractivity contribution in [2.75, 3.05) is 6.61 Å². The first-order chi connectivity index (χ1) is 11.0. The van der Waals surface area contributed by atoms with Crippen LogP contribution in [0.2, 0.25) is 5.02 Å². The number of nitrogens with zero attached hydrogens (tertiary/aromatic N) is 2. The molecule has 1 aromatic carbocycles. The number of amides is 1. The highest BCUT2D eigenvalue weighted by Crippen LogP contribution is 2.31. The molecule has 122 valence electrons. The SMILES string of the molecule is Cc1cc(C(=O)N[C@@H]2CCO[C@H]2c2ccc(Cl)c(F)c2)n(C)n1. The summed E-state index contributed by atoms with van der Waals surface area (Å²) in [6, 6.07) is 6.07. The Hall–Kier alpha value is -1.92. The fourth-order valence-electron chi connectivity index (χ4n) is 2.82. The summed E-state index contributed by atoms with van der Waals surface area (Å²) >= 11 is 5.71. The number of rotatable bonds is 3. The second-order valence-corrected chi connectivity index (χ2v) is 6.04. The smallest absolute Gasteiger partial charge is 0.269 e. The first-order valence-electron chi connectivity index (χ1n) is 7.34. The lowest BCUT2D eigenvalue weighted by Crippen LogP contribution is -2.37. The van der Waals surface area contributed by atoms with E-state index in [4.69, 9.17) is 16.3 Å². The predicted octanol–water partition coefficient (Wildman–Crippen LogP) is 2.78. The lowest BCUT2D eigenvalue weighted by molar-refractivity contribution is 0.0814. The lowest BCUT2D eigenvalue weighted by Gasteiger charge is -2.20. The molecule has 2 heterocycles. The predicted molar refractivity (Wildman–Crippen MR) is 83.9 cm³/mol.